The van der Waals surface area contributed by atoms with Crippen LogP contribution in [0.4, 0.5) is 4.39 Å². The van der Waals surface area contributed by atoms with E-state index in [1.54, 1.807) is 6.07 Å². The van der Waals surface area contributed by atoms with Gasteiger partial charge >= 0.3 is 0 Å². The highest BCUT2D eigenvalue weighted by Crippen LogP contribution is 2.29. The van der Waals surface area contributed by atoms with Crippen LogP contribution in [0.5, 0.6) is 0 Å². The number of hydrogen-bond donors (Lipinski definition) is 2. The van der Waals surface area contributed by atoms with Crippen molar-refractivity contribution in [2.75, 3.05) is 13.2 Å². The minimum absolute atomic E-state index is 0.138. The van der Waals surface area contributed by atoms with Crippen molar-refractivity contribution in [2.45, 2.75) is 25.3 Å². The summed E-state index contributed by atoms with van der Waals surface area (Å²) in [5.41, 5.74) is 3.36. The summed E-state index contributed by atoms with van der Waals surface area (Å²) in [5.74, 6) is 5.89. The highest BCUT2D eigenvalue weighted by atomic mass is 79.9. The summed E-state index contributed by atoms with van der Waals surface area (Å²) in [6, 6.07) is 4.96. The van der Waals surface area contributed by atoms with Crippen LogP contribution in [-0.2, 0) is 4.74 Å². The third-order valence-corrected chi connectivity index (χ3v) is 3.94. The number of benzene rings is 1. The molecule has 0 radical (unpaired) electrons. The molecule has 3 N–H and O–H groups in total. The van der Waals surface area contributed by atoms with E-state index in [0.717, 1.165) is 36.9 Å². The molecule has 2 rings (SSSR count). The lowest BCUT2D eigenvalue weighted by molar-refractivity contribution is 0.0604. The van der Waals surface area contributed by atoms with Gasteiger partial charge in [0.15, 0.2) is 0 Å². The Morgan fingerprint density at radius 3 is 2.78 bits per heavy atom. The van der Waals surface area contributed by atoms with Gasteiger partial charge in [-0.2, -0.15) is 0 Å². The molecular weight excluding hydrogens is 299 g/mol. The Morgan fingerprint density at radius 2 is 2.17 bits per heavy atom. The molecule has 0 aromatic heterocycles. The van der Waals surface area contributed by atoms with Crippen molar-refractivity contribution >= 4 is 15.9 Å². The second kappa shape index (κ2) is 6.61. The van der Waals surface area contributed by atoms with E-state index in [2.05, 4.69) is 21.4 Å². The first-order valence-electron chi connectivity index (χ1n) is 6.19. The Kier molecular flexibility index (Phi) is 5.12. The maximum Gasteiger partial charge on any atom is 0.129 e. The van der Waals surface area contributed by atoms with E-state index >= 15 is 0 Å². The molecule has 3 nitrogen and oxygen atoms in total. The number of ether oxygens (including phenoxy) is 1. The van der Waals surface area contributed by atoms with Crippen LogP contribution < -0.4 is 11.3 Å². The molecular formula is C13H18BrFN2O. The van der Waals surface area contributed by atoms with Crippen molar-refractivity contribution in [1.82, 2.24) is 5.43 Å². The summed E-state index contributed by atoms with van der Waals surface area (Å²) in [6.07, 6.45) is 2.89. The molecule has 0 spiro atoms. The average Bonchev–Trinajstić information content (AvgIpc) is 2.38. The van der Waals surface area contributed by atoms with E-state index in [1.807, 2.05) is 6.07 Å². The first-order valence-corrected chi connectivity index (χ1v) is 6.99. The van der Waals surface area contributed by atoms with Gasteiger partial charge < -0.3 is 4.74 Å². The Balaban J connectivity index is 2.07. The maximum atomic E-state index is 13.9. The van der Waals surface area contributed by atoms with Crippen LogP contribution in [0.1, 0.15) is 30.9 Å². The van der Waals surface area contributed by atoms with Crippen molar-refractivity contribution in [3.63, 3.8) is 0 Å². The van der Waals surface area contributed by atoms with Crippen molar-refractivity contribution in [3.05, 3.63) is 34.1 Å². The highest BCUT2D eigenvalue weighted by Gasteiger charge is 2.21. The van der Waals surface area contributed by atoms with Crippen molar-refractivity contribution in [3.8, 4) is 0 Å². The molecule has 0 bridgehead atoms. The fourth-order valence-corrected chi connectivity index (χ4v) is 2.72. The second-order valence-electron chi connectivity index (χ2n) is 4.68. The fourth-order valence-electron chi connectivity index (χ4n) is 2.38. The van der Waals surface area contributed by atoms with Crippen LogP contribution >= 0.6 is 15.9 Å². The summed E-state index contributed by atoms with van der Waals surface area (Å²) in [7, 11) is 0. The topological polar surface area (TPSA) is 47.3 Å². The van der Waals surface area contributed by atoms with Gasteiger partial charge in [-0.05, 0) is 37.3 Å². The summed E-state index contributed by atoms with van der Waals surface area (Å²) < 4.78 is 20.0. The number of hydrogen-bond acceptors (Lipinski definition) is 3. The molecule has 1 aromatic carbocycles. The lowest BCUT2D eigenvalue weighted by atomic mass is 9.89. The normalized spacial score (nSPS) is 18.8. The van der Waals surface area contributed by atoms with E-state index in [-0.39, 0.29) is 11.9 Å². The molecule has 18 heavy (non-hydrogen) atoms. The van der Waals surface area contributed by atoms with Crippen LogP contribution in [0.25, 0.3) is 0 Å². The molecule has 0 amide bonds. The number of nitrogens with two attached hydrogens (primary N) is 1. The van der Waals surface area contributed by atoms with E-state index in [0.29, 0.717) is 11.5 Å². The van der Waals surface area contributed by atoms with E-state index in [9.17, 15) is 4.39 Å². The molecule has 1 heterocycles. The second-order valence-corrected chi connectivity index (χ2v) is 5.59. The van der Waals surface area contributed by atoms with Crippen LogP contribution in [-0.4, -0.2) is 13.2 Å². The molecule has 0 saturated carbocycles. The summed E-state index contributed by atoms with van der Waals surface area (Å²) in [5, 5.41) is 0. The Morgan fingerprint density at radius 1 is 1.44 bits per heavy atom. The van der Waals surface area contributed by atoms with Gasteiger partial charge in [-0.3, -0.25) is 11.3 Å². The largest absolute Gasteiger partial charge is 0.381 e. The zero-order valence-electron chi connectivity index (χ0n) is 10.2. The predicted molar refractivity (Wildman–Crippen MR) is 72.3 cm³/mol. The maximum absolute atomic E-state index is 13.9. The minimum Gasteiger partial charge on any atom is -0.381 e. The zero-order valence-corrected chi connectivity index (χ0v) is 11.7. The number of nitrogens with one attached hydrogen (secondary N) is 1. The Labute approximate surface area is 115 Å². The van der Waals surface area contributed by atoms with Gasteiger partial charge in [0.2, 0.25) is 0 Å². The first kappa shape index (κ1) is 13.9. The minimum atomic E-state index is -0.223. The van der Waals surface area contributed by atoms with Gasteiger partial charge in [-0.1, -0.05) is 22.0 Å². The third kappa shape index (κ3) is 3.51. The quantitative estimate of drug-likeness (QED) is 0.663. The number of halogens is 2. The van der Waals surface area contributed by atoms with E-state index in [1.165, 1.54) is 6.07 Å². The van der Waals surface area contributed by atoms with Gasteiger partial charge in [0.25, 0.3) is 0 Å². The zero-order chi connectivity index (χ0) is 13.0. The Hall–Kier alpha value is -0.490. The molecule has 100 valence electrons. The summed E-state index contributed by atoms with van der Waals surface area (Å²) >= 11 is 3.26. The summed E-state index contributed by atoms with van der Waals surface area (Å²) in [6.45, 7) is 1.59. The molecule has 1 aromatic rings. The third-order valence-electron chi connectivity index (χ3n) is 3.45. The van der Waals surface area contributed by atoms with Crippen LogP contribution in [0.3, 0.4) is 0 Å². The average molecular weight is 317 g/mol. The molecule has 1 aliphatic heterocycles. The SMILES string of the molecule is NNC(CC1CCOCC1)c1ccc(Br)cc1F. The molecule has 1 atom stereocenters. The molecule has 5 heteroatoms. The number of rotatable bonds is 4. The molecule has 1 saturated heterocycles. The van der Waals surface area contributed by atoms with Gasteiger partial charge in [0.1, 0.15) is 5.82 Å². The van der Waals surface area contributed by atoms with Gasteiger partial charge in [0.05, 0.1) is 0 Å². The summed E-state index contributed by atoms with van der Waals surface area (Å²) in [4.78, 5) is 0. The van der Waals surface area contributed by atoms with Crippen LogP contribution in [0.15, 0.2) is 22.7 Å². The van der Waals surface area contributed by atoms with Gasteiger partial charge in [0, 0.05) is 29.3 Å². The van der Waals surface area contributed by atoms with Crippen molar-refractivity contribution < 1.29 is 9.13 Å². The van der Waals surface area contributed by atoms with Gasteiger partial charge in [-0.25, -0.2) is 4.39 Å². The smallest absolute Gasteiger partial charge is 0.129 e. The lowest BCUT2D eigenvalue weighted by Crippen LogP contribution is -2.31. The molecule has 1 aliphatic rings. The van der Waals surface area contributed by atoms with Crippen LogP contribution in [0.2, 0.25) is 0 Å². The molecule has 0 aliphatic carbocycles. The number of hydrazine groups is 1. The fraction of sp³-hybridized carbons (Fsp3) is 0.538. The predicted octanol–water partition coefficient (Wildman–Crippen LogP) is 2.91. The van der Waals surface area contributed by atoms with E-state index in [4.69, 9.17) is 10.6 Å². The van der Waals surface area contributed by atoms with Crippen molar-refractivity contribution in [2.24, 2.45) is 11.8 Å². The van der Waals surface area contributed by atoms with Gasteiger partial charge in [-0.15, -0.1) is 0 Å². The lowest BCUT2D eigenvalue weighted by Gasteiger charge is -2.26. The highest BCUT2D eigenvalue weighted by molar-refractivity contribution is 9.10. The van der Waals surface area contributed by atoms with Crippen LogP contribution in [0, 0.1) is 11.7 Å². The standard InChI is InChI=1S/C13H18BrFN2O/c14-10-1-2-11(12(15)8-10)13(17-16)7-9-3-5-18-6-4-9/h1-2,8-9,13,17H,3-7,16H2. The molecule has 1 fully saturated rings. The van der Waals surface area contributed by atoms with Crippen molar-refractivity contribution in [1.29, 1.82) is 0 Å². The Bertz CT molecular complexity index is 397. The molecule has 1 unspecified atom stereocenters. The van der Waals surface area contributed by atoms with E-state index < -0.39 is 0 Å². The monoisotopic (exact) mass is 316 g/mol. The first-order chi connectivity index (χ1) is 8.70.